The molecule has 0 heterocycles. The number of hydrogen-bond donors (Lipinski definition) is 1. The zero-order chi connectivity index (χ0) is 12.1. The highest BCUT2D eigenvalue weighted by Crippen LogP contribution is 2.38. The van der Waals surface area contributed by atoms with Crippen molar-refractivity contribution in [3.05, 3.63) is 0 Å². The molecule has 0 radical (unpaired) electrons. The van der Waals surface area contributed by atoms with E-state index in [1.807, 2.05) is 0 Å². The topological polar surface area (TPSA) is 29.5 Å². The predicted octanol–water partition coefficient (Wildman–Crippen LogP) is 3.67. The van der Waals surface area contributed by atoms with E-state index in [2.05, 4.69) is 0 Å². The smallest absolute Gasteiger partial charge is 0.0936 e. The summed E-state index contributed by atoms with van der Waals surface area (Å²) < 4.78 is 5.78. The van der Waals surface area contributed by atoms with Crippen LogP contribution in [0.25, 0.3) is 0 Å². The largest absolute Gasteiger partial charge is 0.390 e. The van der Waals surface area contributed by atoms with Crippen LogP contribution in [0.5, 0.6) is 0 Å². The highest BCUT2D eigenvalue weighted by atomic mass is 16.5. The summed E-state index contributed by atoms with van der Waals surface area (Å²) in [6.07, 6.45) is 13.2. The third-order valence-corrected chi connectivity index (χ3v) is 5.00. The molecular formula is C15H28O2. The molecule has 2 aliphatic carbocycles. The lowest BCUT2D eigenvalue weighted by Gasteiger charge is -2.37. The van der Waals surface area contributed by atoms with Crippen LogP contribution in [0.3, 0.4) is 0 Å². The summed E-state index contributed by atoms with van der Waals surface area (Å²) >= 11 is 0. The Morgan fingerprint density at radius 1 is 1.06 bits per heavy atom. The molecule has 1 N–H and O–H groups in total. The van der Waals surface area contributed by atoms with Crippen LogP contribution >= 0.6 is 0 Å². The van der Waals surface area contributed by atoms with Gasteiger partial charge in [0.25, 0.3) is 0 Å². The van der Waals surface area contributed by atoms with E-state index in [-0.39, 0.29) is 11.7 Å². The van der Waals surface area contributed by atoms with Gasteiger partial charge in [0.05, 0.1) is 11.7 Å². The maximum absolute atomic E-state index is 10.6. The van der Waals surface area contributed by atoms with Gasteiger partial charge in [-0.1, -0.05) is 51.4 Å². The lowest BCUT2D eigenvalue weighted by atomic mass is 9.83. The molecular weight excluding hydrogens is 212 g/mol. The Bertz CT molecular complexity index is 213. The molecule has 100 valence electrons. The van der Waals surface area contributed by atoms with Gasteiger partial charge < -0.3 is 9.84 Å². The van der Waals surface area contributed by atoms with Gasteiger partial charge >= 0.3 is 0 Å². The fourth-order valence-electron chi connectivity index (χ4n) is 3.78. The van der Waals surface area contributed by atoms with Crippen LogP contribution in [0, 0.1) is 5.92 Å². The van der Waals surface area contributed by atoms with Gasteiger partial charge in [-0.15, -0.1) is 0 Å². The van der Waals surface area contributed by atoms with Crippen molar-refractivity contribution in [3.8, 4) is 0 Å². The van der Waals surface area contributed by atoms with Crippen molar-refractivity contribution in [1.82, 2.24) is 0 Å². The van der Waals surface area contributed by atoms with Gasteiger partial charge in [0.2, 0.25) is 0 Å². The van der Waals surface area contributed by atoms with E-state index in [4.69, 9.17) is 4.74 Å². The van der Waals surface area contributed by atoms with Crippen LogP contribution < -0.4 is 0 Å². The summed E-state index contributed by atoms with van der Waals surface area (Å²) in [5.41, 5.74) is -0.223. The molecule has 1 atom stereocenters. The molecule has 0 bridgehead atoms. The van der Waals surface area contributed by atoms with Crippen molar-refractivity contribution < 1.29 is 9.84 Å². The summed E-state index contributed by atoms with van der Waals surface area (Å²) in [4.78, 5) is 0. The van der Waals surface area contributed by atoms with Crippen LogP contribution in [0.2, 0.25) is 0 Å². The van der Waals surface area contributed by atoms with Crippen LogP contribution in [-0.2, 0) is 4.74 Å². The van der Waals surface area contributed by atoms with E-state index in [1.54, 1.807) is 7.11 Å². The average Bonchev–Trinajstić information content (AvgIpc) is 2.72. The quantitative estimate of drug-likeness (QED) is 0.760. The molecule has 2 nitrogen and oxygen atoms in total. The fraction of sp³-hybridized carbons (Fsp3) is 1.00. The second-order valence-electron chi connectivity index (χ2n) is 6.09. The Morgan fingerprint density at radius 2 is 1.65 bits per heavy atom. The average molecular weight is 240 g/mol. The number of aliphatic hydroxyl groups excluding tert-OH is 1. The first-order valence-electron chi connectivity index (χ1n) is 7.50. The van der Waals surface area contributed by atoms with Gasteiger partial charge in [0, 0.05) is 7.11 Å². The van der Waals surface area contributed by atoms with Crippen molar-refractivity contribution in [2.24, 2.45) is 5.92 Å². The molecule has 1 unspecified atom stereocenters. The number of hydrogen-bond acceptors (Lipinski definition) is 2. The maximum atomic E-state index is 10.6. The van der Waals surface area contributed by atoms with Crippen LogP contribution in [0.4, 0.5) is 0 Å². The zero-order valence-electron chi connectivity index (χ0n) is 11.3. The van der Waals surface area contributed by atoms with E-state index < -0.39 is 0 Å². The molecule has 2 aliphatic rings. The van der Waals surface area contributed by atoms with Crippen molar-refractivity contribution >= 4 is 0 Å². The van der Waals surface area contributed by atoms with Crippen molar-refractivity contribution in [3.63, 3.8) is 0 Å². The SMILES string of the molecule is COC1(C(O)CC2CCCC2)CCCCCC1. The van der Waals surface area contributed by atoms with E-state index >= 15 is 0 Å². The Hall–Kier alpha value is -0.0800. The minimum atomic E-state index is -0.242. The first-order valence-corrected chi connectivity index (χ1v) is 7.50. The normalized spacial score (nSPS) is 27.9. The van der Waals surface area contributed by atoms with E-state index in [1.165, 1.54) is 51.4 Å². The Balaban J connectivity index is 1.94. The molecule has 0 aromatic carbocycles. The number of aliphatic hydroxyl groups is 1. The van der Waals surface area contributed by atoms with Gasteiger partial charge in [-0.25, -0.2) is 0 Å². The first-order chi connectivity index (χ1) is 8.27. The summed E-state index contributed by atoms with van der Waals surface area (Å²) in [7, 11) is 1.79. The van der Waals surface area contributed by atoms with Crippen molar-refractivity contribution in [2.75, 3.05) is 7.11 Å². The predicted molar refractivity (Wildman–Crippen MR) is 70.0 cm³/mol. The first kappa shape index (κ1) is 13.4. The van der Waals surface area contributed by atoms with Gasteiger partial charge in [-0.3, -0.25) is 0 Å². The Morgan fingerprint density at radius 3 is 2.18 bits per heavy atom. The third-order valence-electron chi connectivity index (χ3n) is 5.00. The van der Waals surface area contributed by atoms with E-state index in [9.17, 15) is 5.11 Å². The molecule has 0 saturated heterocycles. The second kappa shape index (κ2) is 6.19. The lowest BCUT2D eigenvalue weighted by molar-refractivity contribution is -0.118. The van der Waals surface area contributed by atoms with Crippen LogP contribution in [-0.4, -0.2) is 23.9 Å². The molecule has 0 aromatic heterocycles. The van der Waals surface area contributed by atoms with E-state index in [0.29, 0.717) is 0 Å². The lowest BCUT2D eigenvalue weighted by Crippen LogP contribution is -2.44. The molecule has 2 rings (SSSR count). The Labute approximate surface area is 106 Å². The van der Waals surface area contributed by atoms with Gasteiger partial charge in [-0.05, 0) is 25.2 Å². The summed E-state index contributed by atoms with van der Waals surface area (Å²) in [6.45, 7) is 0. The summed E-state index contributed by atoms with van der Waals surface area (Å²) in [6, 6.07) is 0. The van der Waals surface area contributed by atoms with Gasteiger partial charge in [0.1, 0.15) is 0 Å². The highest BCUT2D eigenvalue weighted by molar-refractivity contribution is 4.91. The molecule has 0 aliphatic heterocycles. The highest BCUT2D eigenvalue weighted by Gasteiger charge is 2.39. The molecule has 2 fully saturated rings. The molecule has 0 amide bonds. The van der Waals surface area contributed by atoms with Crippen LogP contribution in [0.1, 0.15) is 70.6 Å². The van der Waals surface area contributed by atoms with Crippen molar-refractivity contribution in [1.29, 1.82) is 0 Å². The van der Waals surface area contributed by atoms with Gasteiger partial charge in [0.15, 0.2) is 0 Å². The van der Waals surface area contributed by atoms with E-state index in [0.717, 1.165) is 25.2 Å². The summed E-state index contributed by atoms with van der Waals surface area (Å²) in [5, 5.41) is 10.6. The monoisotopic (exact) mass is 240 g/mol. The molecule has 2 heteroatoms. The number of rotatable bonds is 4. The third kappa shape index (κ3) is 3.23. The number of ether oxygens (including phenoxy) is 1. The molecule has 2 saturated carbocycles. The number of methoxy groups -OCH3 is 1. The second-order valence-corrected chi connectivity index (χ2v) is 6.09. The minimum Gasteiger partial charge on any atom is -0.390 e. The molecule has 0 aromatic rings. The van der Waals surface area contributed by atoms with Crippen molar-refractivity contribution in [2.45, 2.75) is 82.3 Å². The maximum Gasteiger partial charge on any atom is 0.0936 e. The standard InChI is InChI=1S/C15H28O2/c1-17-15(10-6-2-3-7-11-15)14(16)12-13-8-4-5-9-13/h13-14,16H,2-12H2,1H3. The summed E-state index contributed by atoms with van der Waals surface area (Å²) in [5.74, 6) is 0.750. The zero-order valence-corrected chi connectivity index (χ0v) is 11.3. The Kier molecular flexibility index (Phi) is 4.87. The fourth-order valence-corrected chi connectivity index (χ4v) is 3.78. The van der Waals surface area contributed by atoms with Gasteiger partial charge in [-0.2, -0.15) is 0 Å². The molecule has 0 spiro atoms. The molecule has 17 heavy (non-hydrogen) atoms. The minimum absolute atomic E-state index is 0.223. The van der Waals surface area contributed by atoms with Crippen LogP contribution in [0.15, 0.2) is 0 Å².